The molecule has 0 aliphatic rings. The van der Waals surface area contributed by atoms with Gasteiger partial charge in [0.1, 0.15) is 0 Å². The number of nitriles is 1. The molecule has 1 heterocycles. The van der Waals surface area contributed by atoms with Gasteiger partial charge in [0.15, 0.2) is 0 Å². The van der Waals surface area contributed by atoms with E-state index in [1.807, 2.05) is 18.2 Å². The van der Waals surface area contributed by atoms with Crippen molar-refractivity contribution in [2.45, 2.75) is 0 Å². The molecule has 0 aliphatic heterocycles. The first-order valence-corrected chi connectivity index (χ1v) is 7.19. The second kappa shape index (κ2) is 4.96. The highest BCUT2D eigenvalue weighted by atomic mass is 127. The van der Waals surface area contributed by atoms with E-state index in [1.165, 1.54) is 0 Å². The lowest BCUT2D eigenvalue weighted by atomic mass is 10.2. The minimum Gasteiger partial charge on any atom is -0.369 e. The standard InChI is InChI=1S/C14H8ClIN4/c15-10-3-1-8(7-17)5-13(10)20-12-4-2-9(16)6-11(12)19-14(20)18/h1-6H,(H2,18,19). The largest absolute Gasteiger partial charge is 0.369 e. The topological polar surface area (TPSA) is 67.6 Å². The number of nitrogen functional groups attached to an aromatic ring is 1. The molecule has 3 rings (SSSR count). The summed E-state index contributed by atoms with van der Waals surface area (Å²) in [4.78, 5) is 4.34. The maximum absolute atomic E-state index is 9.02. The number of anilines is 1. The third-order valence-electron chi connectivity index (χ3n) is 2.96. The predicted molar refractivity (Wildman–Crippen MR) is 87.9 cm³/mol. The molecule has 2 N–H and O–H groups in total. The summed E-state index contributed by atoms with van der Waals surface area (Å²) in [6.45, 7) is 0. The molecule has 0 radical (unpaired) electrons. The van der Waals surface area contributed by atoms with E-state index in [0.717, 1.165) is 14.6 Å². The normalized spacial score (nSPS) is 10.7. The molecule has 0 fully saturated rings. The smallest absolute Gasteiger partial charge is 0.205 e. The molecular formula is C14H8ClIN4. The van der Waals surface area contributed by atoms with E-state index in [4.69, 9.17) is 22.6 Å². The molecule has 0 saturated carbocycles. The predicted octanol–water partition coefficient (Wildman–Crippen LogP) is 3.74. The number of halogens is 2. The first-order valence-electron chi connectivity index (χ1n) is 5.73. The summed E-state index contributed by atoms with van der Waals surface area (Å²) >= 11 is 8.46. The van der Waals surface area contributed by atoms with Crippen molar-refractivity contribution in [3.05, 3.63) is 50.6 Å². The van der Waals surface area contributed by atoms with Crippen LogP contribution in [0.1, 0.15) is 5.56 Å². The van der Waals surface area contributed by atoms with Crippen molar-refractivity contribution in [2.24, 2.45) is 0 Å². The van der Waals surface area contributed by atoms with Crippen LogP contribution in [0.4, 0.5) is 5.95 Å². The minimum absolute atomic E-state index is 0.346. The van der Waals surface area contributed by atoms with Gasteiger partial charge in [0.2, 0.25) is 5.95 Å². The fourth-order valence-corrected chi connectivity index (χ4v) is 2.76. The van der Waals surface area contributed by atoms with Crippen LogP contribution in [0, 0.1) is 14.9 Å². The third-order valence-corrected chi connectivity index (χ3v) is 3.95. The molecule has 1 aromatic heterocycles. The minimum atomic E-state index is 0.346. The summed E-state index contributed by atoms with van der Waals surface area (Å²) < 4.78 is 2.84. The van der Waals surface area contributed by atoms with E-state index in [1.54, 1.807) is 22.8 Å². The van der Waals surface area contributed by atoms with E-state index in [-0.39, 0.29) is 0 Å². The molecule has 0 spiro atoms. The fraction of sp³-hybridized carbons (Fsp3) is 0. The van der Waals surface area contributed by atoms with Crippen LogP contribution in [-0.2, 0) is 0 Å². The number of nitrogens with two attached hydrogens (primary N) is 1. The van der Waals surface area contributed by atoms with Gasteiger partial charge in [0.05, 0.1) is 33.4 Å². The van der Waals surface area contributed by atoms with Crippen LogP contribution in [0.5, 0.6) is 0 Å². The SMILES string of the molecule is N#Cc1ccc(Cl)c(-n2c(N)nc3cc(I)ccc32)c1. The Kier molecular flexibility index (Phi) is 3.28. The van der Waals surface area contributed by atoms with Gasteiger partial charge in [-0.25, -0.2) is 4.98 Å². The molecule has 0 aliphatic carbocycles. The number of benzene rings is 2. The maximum atomic E-state index is 9.02. The van der Waals surface area contributed by atoms with Gasteiger partial charge in [-0.1, -0.05) is 11.6 Å². The van der Waals surface area contributed by atoms with E-state index in [2.05, 4.69) is 33.6 Å². The van der Waals surface area contributed by atoms with Gasteiger partial charge >= 0.3 is 0 Å². The number of hydrogen-bond donors (Lipinski definition) is 1. The second-order valence-electron chi connectivity index (χ2n) is 4.22. The number of fused-ring (bicyclic) bond motifs is 1. The quantitative estimate of drug-likeness (QED) is 0.639. The summed E-state index contributed by atoms with van der Waals surface area (Å²) in [5.74, 6) is 0.346. The Balaban J connectivity index is 2.35. The molecule has 0 unspecified atom stereocenters. The highest BCUT2D eigenvalue weighted by molar-refractivity contribution is 14.1. The molecule has 6 heteroatoms. The number of rotatable bonds is 1. The Morgan fingerprint density at radius 1 is 1.25 bits per heavy atom. The molecule has 0 saturated heterocycles. The fourth-order valence-electron chi connectivity index (χ4n) is 2.08. The summed E-state index contributed by atoms with van der Waals surface area (Å²) in [6.07, 6.45) is 0. The van der Waals surface area contributed by atoms with Crippen molar-refractivity contribution in [1.82, 2.24) is 9.55 Å². The summed E-state index contributed by atoms with van der Waals surface area (Å²) in [7, 11) is 0. The van der Waals surface area contributed by atoms with Gasteiger partial charge < -0.3 is 5.73 Å². The average Bonchev–Trinajstić information content (AvgIpc) is 2.74. The molecule has 98 valence electrons. The molecule has 0 amide bonds. The third kappa shape index (κ3) is 2.11. The van der Waals surface area contributed by atoms with Gasteiger partial charge in [-0.2, -0.15) is 5.26 Å². The van der Waals surface area contributed by atoms with E-state index >= 15 is 0 Å². The van der Waals surface area contributed by atoms with Gasteiger partial charge in [-0.05, 0) is 59.0 Å². The van der Waals surface area contributed by atoms with Crippen LogP contribution in [0.2, 0.25) is 5.02 Å². The Hall–Kier alpha value is -1.78. The molecule has 3 aromatic rings. The van der Waals surface area contributed by atoms with Gasteiger partial charge in [-0.15, -0.1) is 0 Å². The maximum Gasteiger partial charge on any atom is 0.205 e. The Bertz CT molecular complexity index is 863. The zero-order valence-electron chi connectivity index (χ0n) is 10.1. The van der Waals surface area contributed by atoms with Gasteiger partial charge in [-0.3, -0.25) is 4.57 Å². The summed E-state index contributed by atoms with van der Waals surface area (Å²) in [5.41, 5.74) is 8.85. The van der Waals surface area contributed by atoms with Crippen molar-refractivity contribution >= 4 is 51.2 Å². The lowest BCUT2D eigenvalue weighted by molar-refractivity contribution is 1.11. The molecule has 0 bridgehead atoms. The number of nitrogens with zero attached hydrogens (tertiary/aromatic N) is 3. The van der Waals surface area contributed by atoms with Crippen molar-refractivity contribution in [3.63, 3.8) is 0 Å². The Morgan fingerprint density at radius 3 is 2.80 bits per heavy atom. The van der Waals surface area contributed by atoms with Crippen molar-refractivity contribution in [3.8, 4) is 11.8 Å². The van der Waals surface area contributed by atoms with Crippen molar-refractivity contribution < 1.29 is 0 Å². The number of imidazole rings is 1. The van der Waals surface area contributed by atoms with Crippen molar-refractivity contribution in [2.75, 3.05) is 5.73 Å². The molecule has 2 aromatic carbocycles. The number of aromatic nitrogens is 2. The van der Waals surface area contributed by atoms with E-state index < -0.39 is 0 Å². The summed E-state index contributed by atoms with van der Waals surface area (Å²) in [6, 6.07) is 13.0. The number of hydrogen-bond acceptors (Lipinski definition) is 3. The highest BCUT2D eigenvalue weighted by Crippen LogP contribution is 2.29. The van der Waals surface area contributed by atoms with Crippen LogP contribution in [0.3, 0.4) is 0 Å². The monoisotopic (exact) mass is 394 g/mol. The first-order chi connectivity index (χ1) is 9.60. The zero-order chi connectivity index (χ0) is 14.3. The van der Waals surface area contributed by atoms with Crippen LogP contribution in [0.25, 0.3) is 16.7 Å². The average molecular weight is 395 g/mol. The van der Waals surface area contributed by atoms with Gasteiger partial charge in [0.25, 0.3) is 0 Å². The molecular weight excluding hydrogens is 387 g/mol. The lowest BCUT2D eigenvalue weighted by Gasteiger charge is -2.09. The molecule has 20 heavy (non-hydrogen) atoms. The summed E-state index contributed by atoms with van der Waals surface area (Å²) in [5, 5.41) is 9.54. The Labute approximate surface area is 133 Å². The highest BCUT2D eigenvalue weighted by Gasteiger charge is 2.13. The van der Waals surface area contributed by atoms with Crippen LogP contribution in [-0.4, -0.2) is 9.55 Å². The van der Waals surface area contributed by atoms with Crippen molar-refractivity contribution in [1.29, 1.82) is 5.26 Å². The van der Waals surface area contributed by atoms with Crippen LogP contribution >= 0.6 is 34.2 Å². The Morgan fingerprint density at radius 2 is 2.05 bits per heavy atom. The zero-order valence-corrected chi connectivity index (χ0v) is 13.1. The first kappa shape index (κ1) is 13.2. The van der Waals surface area contributed by atoms with Gasteiger partial charge in [0, 0.05) is 3.57 Å². The molecule has 0 atom stereocenters. The molecule has 4 nitrogen and oxygen atoms in total. The second-order valence-corrected chi connectivity index (χ2v) is 5.87. The van der Waals surface area contributed by atoms with E-state index in [9.17, 15) is 0 Å². The lowest BCUT2D eigenvalue weighted by Crippen LogP contribution is -2.01. The van der Waals surface area contributed by atoms with E-state index in [0.29, 0.717) is 22.2 Å². The van der Waals surface area contributed by atoms with Crippen LogP contribution < -0.4 is 5.73 Å². The van der Waals surface area contributed by atoms with Crippen LogP contribution in [0.15, 0.2) is 36.4 Å².